The van der Waals surface area contributed by atoms with Gasteiger partial charge in [-0.2, -0.15) is 0 Å². The number of nitrogens with zero attached hydrogens (tertiary/aromatic N) is 2. The van der Waals surface area contributed by atoms with E-state index in [1.807, 2.05) is 0 Å². The second-order valence-corrected chi connectivity index (χ2v) is 8.40. The van der Waals surface area contributed by atoms with Gasteiger partial charge in [-0.05, 0) is 55.5 Å². The van der Waals surface area contributed by atoms with E-state index >= 15 is 0 Å². The SMILES string of the molecule is Cc1cc(C(=O)Oc2ccc(N(C)S(=O)(=O)c3ccccc3)cc2)ccc1[N+](=O)[O-]. The molecule has 0 unspecified atom stereocenters. The number of aryl methyl sites for hydroxylation is 1. The van der Waals surface area contributed by atoms with Crippen LogP contribution in [0.4, 0.5) is 11.4 Å². The first kappa shape index (κ1) is 21.0. The zero-order valence-electron chi connectivity index (χ0n) is 16.2. The Balaban J connectivity index is 1.75. The van der Waals surface area contributed by atoms with Gasteiger partial charge in [0.05, 0.1) is 21.1 Å². The normalized spacial score (nSPS) is 11.0. The molecule has 8 nitrogen and oxygen atoms in total. The molecule has 30 heavy (non-hydrogen) atoms. The van der Waals surface area contributed by atoms with Crippen LogP contribution in [0.15, 0.2) is 77.7 Å². The number of sulfonamides is 1. The molecule has 0 heterocycles. The van der Waals surface area contributed by atoms with E-state index in [4.69, 9.17) is 4.74 Å². The van der Waals surface area contributed by atoms with Crippen LogP contribution in [-0.2, 0) is 10.0 Å². The summed E-state index contributed by atoms with van der Waals surface area (Å²) in [6.45, 7) is 1.53. The van der Waals surface area contributed by atoms with Gasteiger partial charge >= 0.3 is 5.97 Å². The van der Waals surface area contributed by atoms with Gasteiger partial charge in [0.2, 0.25) is 0 Å². The zero-order valence-corrected chi connectivity index (χ0v) is 17.0. The van der Waals surface area contributed by atoms with E-state index in [1.54, 1.807) is 18.2 Å². The second-order valence-electron chi connectivity index (χ2n) is 6.43. The predicted molar refractivity (Wildman–Crippen MR) is 111 cm³/mol. The Kier molecular flexibility index (Phi) is 5.84. The van der Waals surface area contributed by atoms with Gasteiger partial charge in [0.15, 0.2) is 0 Å². The lowest BCUT2D eigenvalue weighted by Gasteiger charge is -2.19. The van der Waals surface area contributed by atoms with Crippen molar-refractivity contribution in [2.24, 2.45) is 0 Å². The molecule has 0 fully saturated rings. The summed E-state index contributed by atoms with van der Waals surface area (Å²) in [6.07, 6.45) is 0. The Bertz CT molecular complexity index is 1190. The highest BCUT2D eigenvalue weighted by molar-refractivity contribution is 7.92. The van der Waals surface area contributed by atoms with Crippen molar-refractivity contribution < 1.29 is 22.9 Å². The average Bonchev–Trinajstić information content (AvgIpc) is 2.74. The number of anilines is 1. The number of ether oxygens (including phenoxy) is 1. The molecule has 0 saturated carbocycles. The standard InChI is InChI=1S/C21H18N2O6S/c1-15-14-16(8-13-20(15)23(25)26)21(24)29-18-11-9-17(10-12-18)22(2)30(27,28)19-6-4-3-5-7-19/h3-14H,1-2H3. The third kappa shape index (κ3) is 4.31. The maximum Gasteiger partial charge on any atom is 0.343 e. The van der Waals surface area contributed by atoms with Gasteiger partial charge in [-0.25, -0.2) is 13.2 Å². The highest BCUT2D eigenvalue weighted by atomic mass is 32.2. The van der Waals surface area contributed by atoms with E-state index in [0.717, 1.165) is 4.31 Å². The molecule has 0 aromatic heterocycles. The van der Waals surface area contributed by atoms with E-state index in [0.29, 0.717) is 11.3 Å². The molecule has 0 saturated heterocycles. The van der Waals surface area contributed by atoms with Crippen LogP contribution in [-0.4, -0.2) is 26.4 Å². The first-order chi connectivity index (χ1) is 14.2. The van der Waals surface area contributed by atoms with Gasteiger partial charge in [-0.1, -0.05) is 18.2 Å². The van der Waals surface area contributed by atoms with Crippen LogP contribution in [0.25, 0.3) is 0 Å². The molecule has 3 rings (SSSR count). The quantitative estimate of drug-likeness (QED) is 0.256. The van der Waals surface area contributed by atoms with E-state index in [1.165, 1.54) is 68.6 Å². The summed E-state index contributed by atoms with van der Waals surface area (Å²) in [5.74, 6) is -0.462. The third-order valence-corrected chi connectivity index (χ3v) is 6.24. The van der Waals surface area contributed by atoms with Crippen LogP contribution < -0.4 is 9.04 Å². The van der Waals surface area contributed by atoms with Crippen molar-refractivity contribution in [3.8, 4) is 5.75 Å². The number of benzene rings is 3. The summed E-state index contributed by atoms with van der Waals surface area (Å²) in [5, 5.41) is 10.9. The highest BCUT2D eigenvalue weighted by Gasteiger charge is 2.21. The molecule has 9 heteroatoms. The lowest BCUT2D eigenvalue weighted by atomic mass is 10.1. The Morgan fingerprint density at radius 2 is 1.63 bits per heavy atom. The molecule has 3 aromatic carbocycles. The van der Waals surface area contributed by atoms with Crippen LogP contribution in [0.3, 0.4) is 0 Å². The van der Waals surface area contributed by atoms with Crippen molar-refractivity contribution in [2.45, 2.75) is 11.8 Å². The van der Waals surface area contributed by atoms with Gasteiger partial charge in [0, 0.05) is 18.7 Å². The molecular formula is C21H18N2O6S. The average molecular weight is 426 g/mol. The topological polar surface area (TPSA) is 107 Å². The minimum atomic E-state index is -3.72. The van der Waals surface area contributed by atoms with E-state index in [-0.39, 0.29) is 21.9 Å². The number of nitro groups is 1. The molecule has 0 amide bonds. The maximum absolute atomic E-state index is 12.7. The molecule has 3 aromatic rings. The Morgan fingerprint density at radius 1 is 1.00 bits per heavy atom. The van der Waals surface area contributed by atoms with Gasteiger partial charge in [-0.3, -0.25) is 14.4 Å². The predicted octanol–water partition coefficient (Wildman–Crippen LogP) is 3.95. The summed E-state index contributed by atoms with van der Waals surface area (Å²) in [4.78, 5) is 22.8. The fraction of sp³-hybridized carbons (Fsp3) is 0.0952. The third-order valence-electron chi connectivity index (χ3n) is 4.44. The Labute approximate surface area is 173 Å². The number of nitro benzene ring substituents is 1. The number of carbonyl (C=O) groups excluding carboxylic acids is 1. The zero-order chi connectivity index (χ0) is 21.9. The number of carbonyl (C=O) groups is 1. The van der Waals surface area contributed by atoms with E-state index in [9.17, 15) is 23.3 Å². The van der Waals surface area contributed by atoms with Gasteiger partial charge in [0.1, 0.15) is 5.75 Å². The van der Waals surface area contributed by atoms with Crippen molar-refractivity contribution in [1.82, 2.24) is 0 Å². The number of hydrogen-bond acceptors (Lipinski definition) is 6. The number of hydrogen-bond donors (Lipinski definition) is 0. The van der Waals surface area contributed by atoms with Crippen molar-refractivity contribution in [2.75, 3.05) is 11.4 Å². The largest absolute Gasteiger partial charge is 0.423 e. The molecule has 0 radical (unpaired) electrons. The molecule has 0 N–H and O–H groups in total. The summed E-state index contributed by atoms with van der Waals surface area (Å²) in [6, 6.07) is 18.0. The minimum Gasteiger partial charge on any atom is -0.423 e. The summed E-state index contributed by atoms with van der Waals surface area (Å²) in [5.41, 5.74) is 0.826. The molecule has 0 spiro atoms. The van der Waals surface area contributed by atoms with Crippen LogP contribution in [0.1, 0.15) is 15.9 Å². The van der Waals surface area contributed by atoms with Crippen LogP contribution in [0.2, 0.25) is 0 Å². The Morgan fingerprint density at radius 3 is 2.20 bits per heavy atom. The second kappa shape index (κ2) is 8.34. The van der Waals surface area contributed by atoms with Gasteiger partial charge < -0.3 is 4.74 Å². The van der Waals surface area contributed by atoms with E-state index in [2.05, 4.69) is 0 Å². The Hall–Kier alpha value is -3.72. The number of rotatable bonds is 6. The van der Waals surface area contributed by atoms with E-state index < -0.39 is 20.9 Å². The molecule has 154 valence electrons. The minimum absolute atomic E-state index is 0.0847. The van der Waals surface area contributed by atoms with Gasteiger partial charge in [-0.15, -0.1) is 0 Å². The summed E-state index contributed by atoms with van der Waals surface area (Å²) in [7, 11) is -2.28. The van der Waals surface area contributed by atoms with Crippen molar-refractivity contribution in [3.05, 3.63) is 94.0 Å². The fourth-order valence-corrected chi connectivity index (χ4v) is 3.98. The van der Waals surface area contributed by atoms with Crippen LogP contribution in [0.5, 0.6) is 5.75 Å². The highest BCUT2D eigenvalue weighted by Crippen LogP contribution is 2.25. The first-order valence-corrected chi connectivity index (χ1v) is 10.3. The van der Waals surface area contributed by atoms with Gasteiger partial charge in [0.25, 0.3) is 15.7 Å². The lowest BCUT2D eigenvalue weighted by Crippen LogP contribution is -2.26. The molecule has 0 aliphatic rings. The van der Waals surface area contributed by atoms with Crippen molar-refractivity contribution in [1.29, 1.82) is 0 Å². The lowest BCUT2D eigenvalue weighted by molar-refractivity contribution is -0.385. The smallest absolute Gasteiger partial charge is 0.343 e. The maximum atomic E-state index is 12.7. The van der Waals surface area contributed by atoms with Crippen LogP contribution >= 0.6 is 0 Å². The first-order valence-electron chi connectivity index (χ1n) is 8.81. The van der Waals surface area contributed by atoms with Crippen molar-refractivity contribution in [3.63, 3.8) is 0 Å². The van der Waals surface area contributed by atoms with Crippen molar-refractivity contribution >= 4 is 27.4 Å². The molecule has 0 aliphatic heterocycles. The molecule has 0 aliphatic carbocycles. The molecule has 0 atom stereocenters. The number of esters is 1. The fourth-order valence-electron chi connectivity index (χ4n) is 2.77. The molecule has 0 bridgehead atoms. The molecular weight excluding hydrogens is 408 g/mol. The monoisotopic (exact) mass is 426 g/mol. The van der Waals surface area contributed by atoms with Crippen LogP contribution in [0, 0.1) is 17.0 Å². The summed E-state index contributed by atoms with van der Waals surface area (Å²) >= 11 is 0. The summed E-state index contributed by atoms with van der Waals surface area (Å²) < 4.78 is 31.8.